The van der Waals surface area contributed by atoms with Gasteiger partial charge < -0.3 is 14.0 Å². The van der Waals surface area contributed by atoms with Gasteiger partial charge in [-0.15, -0.1) is 0 Å². The first-order valence-corrected chi connectivity index (χ1v) is 7.92. The topological polar surface area (TPSA) is 74.5 Å². The zero-order chi connectivity index (χ0) is 17.8. The lowest BCUT2D eigenvalue weighted by atomic mass is 10.2. The molecule has 3 rings (SSSR count). The van der Waals surface area contributed by atoms with E-state index in [1.165, 1.54) is 0 Å². The lowest BCUT2D eigenvalue weighted by molar-refractivity contribution is 0.0430. The lowest BCUT2D eigenvalue weighted by Crippen LogP contribution is -2.07. The Morgan fingerprint density at radius 3 is 2.60 bits per heavy atom. The SMILES string of the molecule is COc1cccc(-c2noc(COC(=O)c3c(Cl)cccc3Cl)n2)c1. The van der Waals surface area contributed by atoms with Crippen molar-refractivity contribution in [3.63, 3.8) is 0 Å². The minimum Gasteiger partial charge on any atom is -0.497 e. The third-order valence-electron chi connectivity index (χ3n) is 3.29. The van der Waals surface area contributed by atoms with E-state index < -0.39 is 5.97 Å². The predicted molar refractivity (Wildman–Crippen MR) is 91.9 cm³/mol. The summed E-state index contributed by atoms with van der Waals surface area (Å²) in [5.74, 6) is 0.510. The first-order chi connectivity index (χ1) is 12.1. The molecule has 6 nitrogen and oxygen atoms in total. The summed E-state index contributed by atoms with van der Waals surface area (Å²) >= 11 is 11.9. The largest absolute Gasteiger partial charge is 0.497 e. The monoisotopic (exact) mass is 378 g/mol. The van der Waals surface area contributed by atoms with Crippen LogP contribution in [0.2, 0.25) is 10.0 Å². The van der Waals surface area contributed by atoms with E-state index in [1.54, 1.807) is 37.4 Å². The Morgan fingerprint density at radius 2 is 1.88 bits per heavy atom. The maximum atomic E-state index is 12.1. The number of benzene rings is 2. The van der Waals surface area contributed by atoms with Gasteiger partial charge in [-0.25, -0.2) is 4.79 Å². The number of rotatable bonds is 5. The van der Waals surface area contributed by atoms with Crippen LogP contribution in [0.4, 0.5) is 0 Å². The Bertz CT molecular complexity index is 891. The van der Waals surface area contributed by atoms with E-state index in [9.17, 15) is 4.79 Å². The molecule has 1 heterocycles. The van der Waals surface area contributed by atoms with Gasteiger partial charge in [0.25, 0.3) is 5.89 Å². The summed E-state index contributed by atoms with van der Waals surface area (Å²) in [5.41, 5.74) is 0.813. The van der Waals surface area contributed by atoms with Crippen molar-refractivity contribution in [2.75, 3.05) is 7.11 Å². The Morgan fingerprint density at radius 1 is 1.16 bits per heavy atom. The smallest absolute Gasteiger partial charge is 0.341 e. The molecular weight excluding hydrogens is 367 g/mol. The van der Waals surface area contributed by atoms with Crippen molar-refractivity contribution in [3.8, 4) is 17.1 Å². The van der Waals surface area contributed by atoms with Crippen LogP contribution in [0.1, 0.15) is 16.2 Å². The van der Waals surface area contributed by atoms with E-state index in [4.69, 9.17) is 37.2 Å². The van der Waals surface area contributed by atoms with Crippen molar-refractivity contribution in [1.82, 2.24) is 10.1 Å². The first-order valence-electron chi connectivity index (χ1n) is 7.16. The standard InChI is InChI=1S/C17H12Cl2N2O4/c1-23-11-5-2-4-10(8-11)16-20-14(25-21-16)9-24-17(22)15-12(18)6-3-7-13(15)19/h2-8H,9H2,1H3. The van der Waals surface area contributed by atoms with Gasteiger partial charge in [-0.05, 0) is 24.3 Å². The van der Waals surface area contributed by atoms with Gasteiger partial charge in [-0.3, -0.25) is 0 Å². The number of nitrogens with zero attached hydrogens (tertiary/aromatic N) is 2. The number of hydrogen-bond donors (Lipinski definition) is 0. The Labute approximate surface area is 153 Å². The fourth-order valence-corrected chi connectivity index (χ4v) is 2.64. The average Bonchev–Trinajstić information content (AvgIpc) is 3.09. The molecule has 0 saturated heterocycles. The summed E-state index contributed by atoms with van der Waals surface area (Å²) < 4.78 is 15.4. The van der Waals surface area contributed by atoms with Gasteiger partial charge in [0.2, 0.25) is 5.82 Å². The van der Waals surface area contributed by atoms with Crippen LogP contribution >= 0.6 is 23.2 Å². The zero-order valence-electron chi connectivity index (χ0n) is 13.0. The molecule has 0 aliphatic carbocycles. The van der Waals surface area contributed by atoms with Crippen molar-refractivity contribution in [2.24, 2.45) is 0 Å². The second-order valence-electron chi connectivity index (χ2n) is 4.92. The highest BCUT2D eigenvalue weighted by molar-refractivity contribution is 6.39. The molecule has 128 valence electrons. The zero-order valence-corrected chi connectivity index (χ0v) is 14.5. The minimum atomic E-state index is -0.670. The molecule has 1 aromatic heterocycles. The van der Waals surface area contributed by atoms with Crippen LogP contribution in [0.25, 0.3) is 11.4 Å². The maximum Gasteiger partial charge on any atom is 0.341 e. The van der Waals surface area contributed by atoms with E-state index >= 15 is 0 Å². The summed E-state index contributed by atoms with van der Waals surface area (Å²) in [6.07, 6.45) is 0. The average molecular weight is 379 g/mol. The fourth-order valence-electron chi connectivity index (χ4n) is 2.09. The number of carbonyl (C=O) groups is 1. The molecule has 0 unspecified atom stereocenters. The molecule has 0 aliphatic heterocycles. The highest BCUT2D eigenvalue weighted by Gasteiger charge is 2.18. The summed E-state index contributed by atoms with van der Waals surface area (Å²) in [7, 11) is 1.57. The highest BCUT2D eigenvalue weighted by Crippen LogP contribution is 2.25. The van der Waals surface area contributed by atoms with E-state index in [0.29, 0.717) is 11.6 Å². The molecule has 0 bridgehead atoms. The van der Waals surface area contributed by atoms with Gasteiger partial charge in [0.05, 0.1) is 22.7 Å². The molecule has 0 aliphatic rings. The molecule has 0 saturated carbocycles. The summed E-state index contributed by atoms with van der Waals surface area (Å²) in [4.78, 5) is 16.3. The minimum absolute atomic E-state index is 0.0957. The van der Waals surface area contributed by atoms with Crippen LogP contribution in [-0.2, 0) is 11.3 Å². The number of methoxy groups -OCH3 is 1. The normalized spacial score (nSPS) is 10.5. The molecule has 8 heteroatoms. The van der Waals surface area contributed by atoms with Gasteiger partial charge in [0, 0.05) is 5.56 Å². The van der Waals surface area contributed by atoms with Crippen LogP contribution in [0, 0.1) is 0 Å². The van der Waals surface area contributed by atoms with Gasteiger partial charge in [-0.1, -0.05) is 46.6 Å². The second kappa shape index (κ2) is 7.55. The number of halogens is 2. The van der Waals surface area contributed by atoms with Crippen LogP contribution in [0.3, 0.4) is 0 Å². The molecule has 0 fully saturated rings. The highest BCUT2D eigenvalue weighted by atomic mass is 35.5. The molecule has 2 aromatic carbocycles. The molecule has 0 spiro atoms. The molecule has 25 heavy (non-hydrogen) atoms. The quantitative estimate of drug-likeness (QED) is 0.612. The van der Waals surface area contributed by atoms with Crippen LogP contribution in [-0.4, -0.2) is 23.2 Å². The van der Waals surface area contributed by atoms with Crippen molar-refractivity contribution < 1.29 is 18.8 Å². The van der Waals surface area contributed by atoms with E-state index in [2.05, 4.69) is 10.1 Å². The molecule has 0 radical (unpaired) electrons. The number of esters is 1. The number of hydrogen-bond acceptors (Lipinski definition) is 6. The molecular formula is C17H12Cl2N2O4. The van der Waals surface area contributed by atoms with Crippen molar-refractivity contribution in [3.05, 3.63) is 64.0 Å². The summed E-state index contributed by atoms with van der Waals surface area (Å²) in [6.45, 7) is -0.197. The molecule has 0 amide bonds. The fraction of sp³-hybridized carbons (Fsp3) is 0.118. The summed E-state index contributed by atoms with van der Waals surface area (Å²) in [5, 5.41) is 4.28. The van der Waals surface area contributed by atoms with E-state index in [-0.39, 0.29) is 28.1 Å². The predicted octanol–water partition coefficient (Wildman–Crippen LogP) is 4.41. The van der Waals surface area contributed by atoms with Crippen LogP contribution in [0.15, 0.2) is 47.0 Å². The Hall–Kier alpha value is -2.57. The summed E-state index contributed by atoms with van der Waals surface area (Å²) in [6, 6.07) is 11.9. The third kappa shape index (κ3) is 3.92. The van der Waals surface area contributed by atoms with Gasteiger partial charge in [0.1, 0.15) is 5.75 Å². The molecule has 0 N–H and O–H groups in total. The Balaban J connectivity index is 1.70. The van der Waals surface area contributed by atoms with Crippen molar-refractivity contribution in [1.29, 1.82) is 0 Å². The molecule has 0 atom stereocenters. The first kappa shape index (κ1) is 17.3. The second-order valence-corrected chi connectivity index (χ2v) is 5.73. The van der Waals surface area contributed by atoms with Gasteiger partial charge in [0.15, 0.2) is 6.61 Å². The van der Waals surface area contributed by atoms with Crippen molar-refractivity contribution in [2.45, 2.75) is 6.61 Å². The van der Waals surface area contributed by atoms with Crippen molar-refractivity contribution >= 4 is 29.2 Å². The lowest BCUT2D eigenvalue weighted by Gasteiger charge is -2.05. The van der Waals surface area contributed by atoms with Gasteiger partial charge >= 0.3 is 5.97 Å². The molecule has 3 aromatic rings. The Kier molecular flexibility index (Phi) is 5.21. The van der Waals surface area contributed by atoms with E-state index in [0.717, 1.165) is 5.56 Å². The van der Waals surface area contributed by atoms with Crippen LogP contribution < -0.4 is 4.74 Å². The number of ether oxygens (including phenoxy) is 2. The van der Waals surface area contributed by atoms with Gasteiger partial charge in [-0.2, -0.15) is 4.98 Å². The van der Waals surface area contributed by atoms with E-state index in [1.807, 2.05) is 12.1 Å². The third-order valence-corrected chi connectivity index (χ3v) is 3.92. The maximum absolute atomic E-state index is 12.1. The van der Waals surface area contributed by atoms with Crippen LogP contribution in [0.5, 0.6) is 5.75 Å². The number of carbonyl (C=O) groups excluding carboxylic acids is 1. The number of aromatic nitrogens is 2.